The number of methoxy groups -OCH3 is 3. The Labute approximate surface area is 334 Å². The first-order valence-electron chi connectivity index (χ1n) is 19.6. The normalized spacial score (nSPS) is 54.1. The number of fused-ring (bicyclic) bond motifs is 2. The van der Waals surface area contributed by atoms with E-state index in [2.05, 4.69) is 0 Å². The highest BCUT2D eigenvalue weighted by molar-refractivity contribution is 5.83. The zero-order valence-corrected chi connectivity index (χ0v) is 34.5. The molecule has 4 saturated heterocycles. The van der Waals surface area contributed by atoms with Crippen LogP contribution in [-0.4, -0.2) is 125 Å². The molecule has 17 atom stereocenters. The second kappa shape index (κ2) is 11.4. The summed E-state index contributed by atoms with van der Waals surface area (Å²) in [5.74, 6) is -8.10. The molecule has 4 aliphatic heterocycles. The molecule has 18 nitrogen and oxygen atoms in total. The molecule has 2 spiro atoms. The molecule has 4 saturated carbocycles. The smallest absolute Gasteiger partial charge is 0.341 e. The van der Waals surface area contributed by atoms with Crippen LogP contribution in [0, 0.1) is 22.2 Å². The minimum atomic E-state index is -2.28. The number of furan rings is 1. The molecule has 320 valence electrons. The number of ether oxygens (including phenoxy) is 11. The molecule has 58 heavy (non-hydrogen) atoms. The number of aliphatic hydroxyl groups is 2. The molecule has 0 amide bonds. The maximum atomic E-state index is 14.3. The third-order valence-corrected chi connectivity index (χ3v) is 16.1. The molecule has 5 heterocycles. The maximum Gasteiger partial charge on any atom is 0.341 e. The Hall–Kier alpha value is -3.20. The summed E-state index contributed by atoms with van der Waals surface area (Å²) in [7, 11) is 3.75. The van der Waals surface area contributed by atoms with E-state index in [1.807, 2.05) is 0 Å². The molecule has 0 radical (unpaired) electrons. The van der Waals surface area contributed by atoms with Crippen LogP contribution in [0.25, 0.3) is 0 Å². The average Bonchev–Trinajstić information content (AvgIpc) is 3.74. The second-order valence-corrected chi connectivity index (χ2v) is 18.6. The van der Waals surface area contributed by atoms with Crippen molar-refractivity contribution in [3.05, 3.63) is 24.2 Å². The van der Waals surface area contributed by atoms with Crippen LogP contribution in [0.1, 0.15) is 92.7 Å². The van der Waals surface area contributed by atoms with Crippen LogP contribution >= 0.6 is 0 Å². The van der Waals surface area contributed by atoms with E-state index < -0.39 is 129 Å². The number of carbonyl (C=O) groups excluding carboxylic acids is 4. The number of rotatable bonds is 10. The molecular formula is C40H52O18. The fourth-order valence-electron chi connectivity index (χ4n) is 13.8. The monoisotopic (exact) mass is 820 g/mol. The molecule has 1 unspecified atom stereocenters. The summed E-state index contributed by atoms with van der Waals surface area (Å²) in [4.78, 5) is 55.2. The number of hydrogen-bond acceptors (Lipinski definition) is 18. The van der Waals surface area contributed by atoms with Crippen molar-refractivity contribution in [2.45, 2.75) is 157 Å². The highest BCUT2D eigenvalue weighted by atomic mass is 17.0. The second-order valence-electron chi connectivity index (χ2n) is 18.6. The van der Waals surface area contributed by atoms with E-state index in [9.17, 15) is 29.4 Å². The third-order valence-electron chi connectivity index (χ3n) is 16.1. The fourth-order valence-corrected chi connectivity index (χ4v) is 13.8. The van der Waals surface area contributed by atoms with Gasteiger partial charge in [-0.2, -0.15) is 0 Å². The van der Waals surface area contributed by atoms with Gasteiger partial charge in [-0.3, -0.25) is 14.4 Å². The van der Waals surface area contributed by atoms with Gasteiger partial charge in [0.25, 0.3) is 11.9 Å². The minimum absolute atomic E-state index is 0.166. The Morgan fingerprint density at radius 3 is 2.16 bits per heavy atom. The molecule has 8 fully saturated rings. The van der Waals surface area contributed by atoms with Crippen molar-refractivity contribution in [2.75, 3.05) is 21.3 Å². The number of epoxide rings is 1. The summed E-state index contributed by atoms with van der Waals surface area (Å²) < 4.78 is 75.7. The van der Waals surface area contributed by atoms with Crippen LogP contribution in [0.4, 0.5) is 0 Å². The van der Waals surface area contributed by atoms with E-state index in [0.717, 1.165) is 0 Å². The molecule has 1 aromatic heterocycles. The quantitative estimate of drug-likeness (QED) is 0.196. The van der Waals surface area contributed by atoms with Crippen molar-refractivity contribution in [1.29, 1.82) is 0 Å². The van der Waals surface area contributed by atoms with Crippen molar-refractivity contribution in [2.24, 2.45) is 22.2 Å². The summed E-state index contributed by atoms with van der Waals surface area (Å²) in [6, 6.07) is 1.58. The predicted molar refractivity (Wildman–Crippen MR) is 187 cm³/mol. The van der Waals surface area contributed by atoms with Crippen LogP contribution in [-0.2, 0) is 71.3 Å². The zero-order chi connectivity index (χ0) is 42.3. The first-order chi connectivity index (χ1) is 26.9. The van der Waals surface area contributed by atoms with Gasteiger partial charge in [0.1, 0.15) is 35.1 Å². The standard InChI is InChI=1S/C40H52O18/c1-19-32(5,53-19)29(45)52-27-30(3)18-36(46)33(6,22(30)14-24(43)47-9)39-23(42)15-31(4,26(51-20(2)41)21-12-13-50-17-21)37(16-25(44)48-10)40(39,58-35(8,55-37)57-39)28-38(27,36)56-34(7,49-11)54-28/h12-13,17,19,22-23,26-28,42,46H,14-16,18H2,1-11H3/t19-,22+,23-,26+,27+,28-,30+,31+,32+,33-,34-,35?,36-,37+,38+,39+,40+/m1/s1. The lowest BCUT2D eigenvalue weighted by Gasteiger charge is -2.78. The molecule has 2 N–H and O–H groups in total. The first-order valence-corrected chi connectivity index (χ1v) is 19.6. The Balaban J connectivity index is 1.41. The van der Waals surface area contributed by atoms with E-state index >= 15 is 0 Å². The number of carbonyl (C=O) groups is 4. The third kappa shape index (κ3) is 3.97. The van der Waals surface area contributed by atoms with Crippen LogP contribution < -0.4 is 0 Å². The molecule has 0 aromatic carbocycles. The molecule has 9 rings (SSSR count). The van der Waals surface area contributed by atoms with Gasteiger partial charge in [0.05, 0.1) is 45.4 Å². The van der Waals surface area contributed by atoms with Crippen LogP contribution in [0.3, 0.4) is 0 Å². The highest BCUT2D eigenvalue weighted by Crippen LogP contribution is 2.90. The number of aliphatic hydroxyl groups excluding tert-OH is 1. The lowest BCUT2D eigenvalue weighted by molar-refractivity contribution is -0.468. The Bertz CT molecular complexity index is 1990. The van der Waals surface area contributed by atoms with Crippen molar-refractivity contribution >= 4 is 23.9 Å². The first kappa shape index (κ1) is 40.2. The zero-order valence-electron chi connectivity index (χ0n) is 34.5. The Morgan fingerprint density at radius 2 is 1.59 bits per heavy atom. The molecule has 1 aromatic rings. The van der Waals surface area contributed by atoms with Crippen molar-refractivity contribution in [3.8, 4) is 0 Å². The topological polar surface area (TPSA) is 227 Å². The number of esters is 4. The van der Waals surface area contributed by atoms with Gasteiger partial charge in [0.15, 0.2) is 16.8 Å². The van der Waals surface area contributed by atoms with E-state index in [4.69, 9.17) is 56.5 Å². The van der Waals surface area contributed by atoms with E-state index in [1.54, 1.807) is 40.7 Å². The summed E-state index contributed by atoms with van der Waals surface area (Å²) >= 11 is 0. The summed E-state index contributed by atoms with van der Waals surface area (Å²) in [6.45, 7) is 12.6. The van der Waals surface area contributed by atoms with Crippen LogP contribution in [0.2, 0.25) is 0 Å². The maximum absolute atomic E-state index is 14.3. The summed E-state index contributed by atoms with van der Waals surface area (Å²) in [6.07, 6.45) is -5.29. The molecule has 4 bridgehead atoms. The van der Waals surface area contributed by atoms with Gasteiger partial charge in [-0.05, 0) is 38.7 Å². The SMILES string of the molecule is COC(=O)C[C@H]1[C@]2(C)C[C@]3(O)[C@]4(O[C@](C)(OC)O[C@H]4[C@]45OC6(C)O[C@@]4(CC(=O)OC)[C@](C)([C@@H](OC(C)=O)c4ccoc4)C[C@@H](O)[C@]5(O6)[C@]13C)[C@H]2OC(=O)[C@@]1(C)O[C@@H]1C. The Morgan fingerprint density at radius 1 is 0.931 bits per heavy atom. The molecule has 4 aliphatic carbocycles. The van der Waals surface area contributed by atoms with Crippen molar-refractivity contribution in [1.82, 2.24) is 0 Å². The largest absolute Gasteiger partial charge is 0.472 e. The number of hydrogen-bond donors (Lipinski definition) is 2. The van der Waals surface area contributed by atoms with Crippen LogP contribution in [0.5, 0.6) is 0 Å². The lowest BCUT2D eigenvalue weighted by atomic mass is 9.32. The fraction of sp³-hybridized carbons (Fsp3) is 0.800. The van der Waals surface area contributed by atoms with Crippen molar-refractivity contribution < 1.29 is 85.9 Å². The van der Waals surface area contributed by atoms with Crippen LogP contribution in [0.15, 0.2) is 23.0 Å². The molecule has 18 heteroatoms. The Kier molecular flexibility index (Phi) is 7.89. The highest BCUT2D eigenvalue weighted by Gasteiger charge is 3.07. The average molecular weight is 821 g/mol. The molecular weight excluding hydrogens is 768 g/mol. The van der Waals surface area contributed by atoms with Gasteiger partial charge in [-0.25, -0.2) is 4.79 Å². The van der Waals surface area contributed by atoms with E-state index in [0.29, 0.717) is 5.56 Å². The summed E-state index contributed by atoms with van der Waals surface area (Å²) in [5, 5.41) is 27.4. The van der Waals surface area contributed by atoms with Gasteiger partial charge in [0, 0.05) is 56.1 Å². The van der Waals surface area contributed by atoms with Gasteiger partial charge < -0.3 is 66.7 Å². The van der Waals surface area contributed by atoms with Gasteiger partial charge >= 0.3 is 23.9 Å². The summed E-state index contributed by atoms with van der Waals surface area (Å²) in [5.41, 5.74) is -16.7. The van der Waals surface area contributed by atoms with Gasteiger partial charge in [-0.15, -0.1) is 0 Å². The van der Waals surface area contributed by atoms with Gasteiger partial charge in [0.2, 0.25) is 0 Å². The lowest BCUT2D eigenvalue weighted by Crippen LogP contribution is -2.97. The molecule has 8 aliphatic rings. The minimum Gasteiger partial charge on any atom is -0.472 e. The van der Waals surface area contributed by atoms with E-state index in [-0.39, 0.29) is 19.3 Å². The van der Waals surface area contributed by atoms with Crippen molar-refractivity contribution in [3.63, 3.8) is 0 Å². The predicted octanol–water partition coefficient (Wildman–Crippen LogP) is 2.10. The van der Waals surface area contributed by atoms with E-state index in [1.165, 1.54) is 54.6 Å². The van der Waals surface area contributed by atoms with Gasteiger partial charge in [-0.1, -0.05) is 20.8 Å².